The van der Waals surface area contributed by atoms with Gasteiger partial charge in [0, 0.05) is 0 Å². The molecule has 0 saturated carbocycles. The molecule has 0 bridgehead atoms. The number of hydrogen-bond acceptors (Lipinski definition) is 3. The summed E-state index contributed by atoms with van der Waals surface area (Å²) in [4.78, 5) is 10.9. The van der Waals surface area contributed by atoms with Crippen molar-refractivity contribution in [3.8, 4) is 5.75 Å². The van der Waals surface area contributed by atoms with E-state index >= 15 is 0 Å². The van der Waals surface area contributed by atoms with E-state index in [0.717, 1.165) is 22.4 Å². The topological polar surface area (TPSA) is 72.5 Å². The van der Waals surface area contributed by atoms with Crippen molar-refractivity contribution in [3.05, 3.63) is 28.8 Å². The van der Waals surface area contributed by atoms with Crippen LogP contribution in [0.2, 0.25) is 18.1 Å². The molecule has 0 aromatic heterocycles. The molecule has 5 heteroatoms. The van der Waals surface area contributed by atoms with Gasteiger partial charge in [0.05, 0.1) is 0 Å². The minimum absolute atomic E-state index is 0.138. The van der Waals surface area contributed by atoms with Crippen LogP contribution >= 0.6 is 0 Å². The number of carboxylic acid groups (broad SMARTS) is 1. The van der Waals surface area contributed by atoms with Gasteiger partial charge in [-0.25, -0.2) is 0 Å². The molecule has 0 saturated heterocycles. The van der Waals surface area contributed by atoms with E-state index in [0.29, 0.717) is 6.42 Å². The van der Waals surface area contributed by atoms with E-state index in [4.69, 9.17) is 15.3 Å². The van der Waals surface area contributed by atoms with Gasteiger partial charge in [-0.3, -0.25) is 4.79 Å². The van der Waals surface area contributed by atoms with Crippen LogP contribution in [-0.2, 0) is 11.2 Å². The molecule has 4 nitrogen and oxygen atoms in total. The third-order valence-corrected chi connectivity index (χ3v) is 8.95. The van der Waals surface area contributed by atoms with Crippen molar-refractivity contribution < 1.29 is 14.3 Å². The highest BCUT2D eigenvalue weighted by atomic mass is 28.4. The second-order valence-corrected chi connectivity index (χ2v) is 12.3. The van der Waals surface area contributed by atoms with Gasteiger partial charge < -0.3 is 15.3 Å². The van der Waals surface area contributed by atoms with E-state index in [1.807, 2.05) is 26.0 Å². The molecule has 124 valence electrons. The van der Waals surface area contributed by atoms with E-state index in [1.165, 1.54) is 0 Å². The predicted molar refractivity (Wildman–Crippen MR) is 93.1 cm³/mol. The molecule has 22 heavy (non-hydrogen) atoms. The summed E-state index contributed by atoms with van der Waals surface area (Å²) >= 11 is 0. The van der Waals surface area contributed by atoms with Crippen LogP contribution in [0.1, 0.15) is 37.5 Å². The molecule has 1 rings (SSSR count). The van der Waals surface area contributed by atoms with Crippen molar-refractivity contribution in [1.29, 1.82) is 0 Å². The minimum atomic E-state index is -1.88. The van der Waals surface area contributed by atoms with Gasteiger partial charge in [-0.2, -0.15) is 0 Å². The van der Waals surface area contributed by atoms with E-state index in [2.05, 4.69) is 33.9 Å². The summed E-state index contributed by atoms with van der Waals surface area (Å²) < 4.78 is 6.33. The first kappa shape index (κ1) is 18.7. The molecule has 1 aromatic carbocycles. The number of rotatable bonds is 5. The monoisotopic (exact) mass is 323 g/mol. The van der Waals surface area contributed by atoms with Crippen LogP contribution in [0, 0.1) is 13.8 Å². The highest BCUT2D eigenvalue weighted by Gasteiger charge is 2.39. The Morgan fingerprint density at radius 1 is 1.27 bits per heavy atom. The van der Waals surface area contributed by atoms with Gasteiger partial charge in [0.25, 0.3) is 0 Å². The Labute approximate surface area is 134 Å². The second-order valence-electron chi connectivity index (χ2n) is 7.55. The Bertz CT molecular complexity index is 539. The standard InChI is InChI=1S/C17H29NO3Si/c1-11-8-13(21-22(6,7)17(3,4)5)9-12(2)14(11)10-15(18)16(19)20/h8-9,15H,10,18H2,1-7H3,(H,19,20). The molecule has 1 atom stereocenters. The van der Waals surface area contributed by atoms with Gasteiger partial charge in [0.2, 0.25) is 8.32 Å². The fourth-order valence-corrected chi connectivity index (χ4v) is 3.10. The number of carbonyl (C=O) groups is 1. The van der Waals surface area contributed by atoms with Crippen molar-refractivity contribution in [1.82, 2.24) is 0 Å². The lowest BCUT2D eigenvalue weighted by Crippen LogP contribution is -2.43. The molecular formula is C17H29NO3Si. The third kappa shape index (κ3) is 4.33. The first-order chi connectivity index (χ1) is 9.85. The molecule has 0 amide bonds. The first-order valence-corrected chi connectivity index (χ1v) is 10.5. The Morgan fingerprint density at radius 2 is 1.73 bits per heavy atom. The predicted octanol–water partition coefficient (Wildman–Crippen LogP) is 3.64. The number of nitrogens with two attached hydrogens (primary N) is 1. The van der Waals surface area contributed by atoms with Gasteiger partial charge in [-0.05, 0) is 67.2 Å². The van der Waals surface area contributed by atoms with Gasteiger partial charge in [0.1, 0.15) is 11.8 Å². The zero-order valence-electron chi connectivity index (χ0n) is 14.8. The van der Waals surface area contributed by atoms with Crippen molar-refractivity contribution in [2.24, 2.45) is 5.73 Å². The van der Waals surface area contributed by atoms with Crippen LogP contribution in [0.15, 0.2) is 12.1 Å². The summed E-state index contributed by atoms with van der Waals surface area (Å²) in [5.41, 5.74) is 8.72. The number of hydrogen-bond donors (Lipinski definition) is 2. The van der Waals surface area contributed by atoms with Gasteiger partial charge in [-0.1, -0.05) is 20.8 Å². The van der Waals surface area contributed by atoms with Crippen molar-refractivity contribution in [3.63, 3.8) is 0 Å². The Hall–Kier alpha value is -1.33. The van der Waals surface area contributed by atoms with Crippen LogP contribution < -0.4 is 10.2 Å². The molecule has 1 aromatic rings. The molecule has 1 unspecified atom stereocenters. The molecule has 0 aliphatic rings. The summed E-state index contributed by atoms with van der Waals surface area (Å²) in [5.74, 6) is -0.102. The summed E-state index contributed by atoms with van der Waals surface area (Å²) in [7, 11) is -1.88. The fraction of sp³-hybridized carbons (Fsp3) is 0.588. The van der Waals surface area contributed by atoms with E-state index < -0.39 is 20.3 Å². The van der Waals surface area contributed by atoms with Crippen molar-refractivity contribution in [2.75, 3.05) is 0 Å². The smallest absolute Gasteiger partial charge is 0.320 e. The first-order valence-electron chi connectivity index (χ1n) is 7.62. The Balaban J connectivity index is 3.07. The SMILES string of the molecule is Cc1cc(O[Si](C)(C)C(C)(C)C)cc(C)c1CC(N)C(=O)O. The third-order valence-electron chi connectivity index (χ3n) is 4.59. The second kappa shape index (κ2) is 6.42. The molecular weight excluding hydrogens is 294 g/mol. The average Bonchev–Trinajstić information content (AvgIpc) is 2.31. The number of benzene rings is 1. The molecule has 0 heterocycles. The summed E-state index contributed by atoms with van der Waals surface area (Å²) in [6.45, 7) is 15.0. The van der Waals surface area contributed by atoms with Crippen LogP contribution in [-0.4, -0.2) is 25.4 Å². The molecule has 0 radical (unpaired) electrons. The zero-order valence-corrected chi connectivity index (χ0v) is 15.8. The van der Waals surface area contributed by atoms with Crippen molar-refractivity contribution in [2.45, 2.75) is 65.2 Å². The largest absolute Gasteiger partial charge is 0.543 e. The maximum atomic E-state index is 10.9. The molecule has 0 fully saturated rings. The van der Waals surface area contributed by atoms with Gasteiger partial charge >= 0.3 is 5.97 Å². The van der Waals surface area contributed by atoms with E-state index in [-0.39, 0.29) is 5.04 Å². The number of aryl methyl sites for hydroxylation is 2. The van der Waals surface area contributed by atoms with E-state index in [1.54, 1.807) is 0 Å². The number of aliphatic carboxylic acids is 1. The highest BCUT2D eigenvalue weighted by molar-refractivity contribution is 6.74. The lowest BCUT2D eigenvalue weighted by Gasteiger charge is -2.36. The quantitative estimate of drug-likeness (QED) is 0.811. The maximum Gasteiger partial charge on any atom is 0.320 e. The van der Waals surface area contributed by atoms with Crippen molar-refractivity contribution >= 4 is 14.3 Å². The fourth-order valence-electron chi connectivity index (χ4n) is 2.09. The summed E-state index contributed by atoms with van der Waals surface area (Å²) in [5, 5.41) is 9.12. The normalized spacial score (nSPS) is 13.8. The minimum Gasteiger partial charge on any atom is -0.543 e. The lowest BCUT2D eigenvalue weighted by molar-refractivity contribution is -0.138. The summed E-state index contributed by atoms with van der Waals surface area (Å²) in [6.07, 6.45) is 0.341. The van der Waals surface area contributed by atoms with Crippen LogP contribution in [0.25, 0.3) is 0 Å². The Kier molecular flexibility index (Phi) is 5.46. The van der Waals surface area contributed by atoms with Gasteiger partial charge in [-0.15, -0.1) is 0 Å². The maximum absolute atomic E-state index is 10.9. The van der Waals surface area contributed by atoms with Gasteiger partial charge in [0.15, 0.2) is 0 Å². The molecule has 3 N–H and O–H groups in total. The lowest BCUT2D eigenvalue weighted by atomic mass is 9.96. The summed E-state index contributed by atoms with van der Waals surface area (Å²) in [6, 6.07) is 3.12. The van der Waals surface area contributed by atoms with Crippen LogP contribution in [0.4, 0.5) is 0 Å². The molecule has 0 spiro atoms. The molecule has 0 aliphatic heterocycles. The van der Waals surface area contributed by atoms with Crippen LogP contribution in [0.5, 0.6) is 5.75 Å². The highest BCUT2D eigenvalue weighted by Crippen LogP contribution is 2.38. The van der Waals surface area contributed by atoms with E-state index in [9.17, 15) is 4.79 Å². The zero-order chi connectivity index (χ0) is 17.3. The average molecular weight is 324 g/mol. The molecule has 0 aliphatic carbocycles. The number of carboxylic acids is 1. The van der Waals surface area contributed by atoms with Crippen LogP contribution in [0.3, 0.4) is 0 Å². The Morgan fingerprint density at radius 3 is 2.09 bits per heavy atom.